The normalized spacial score (nSPS) is 11.7. The van der Waals surface area contributed by atoms with Crippen molar-refractivity contribution in [2.24, 2.45) is 0 Å². The summed E-state index contributed by atoms with van der Waals surface area (Å²) in [4.78, 5) is 20.0. The molecule has 0 atom stereocenters. The average molecular weight is 850 g/mol. The zero-order chi connectivity index (χ0) is 42.8. The van der Waals surface area contributed by atoms with E-state index in [1.807, 2.05) is 66.7 Å². The van der Waals surface area contributed by atoms with Crippen LogP contribution in [-0.2, 0) is 0 Å². The molecule has 0 spiro atoms. The predicted octanol–water partition coefficient (Wildman–Crippen LogP) is 15.5. The lowest BCUT2D eigenvalue weighted by Gasteiger charge is -2.10. The molecule has 0 aliphatic carbocycles. The van der Waals surface area contributed by atoms with Gasteiger partial charge in [0.25, 0.3) is 0 Å². The van der Waals surface area contributed by atoms with Crippen molar-refractivity contribution in [1.29, 1.82) is 0 Å². The first-order chi connectivity index (χ1) is 32.2. The van der Waals surface area contributed by atoms with Crippen molar-refractivity contribution in [3.63, 3.8) is 0 Å². The zero-order valence-electron chi connectivity index (χ0n) is 34.8. The minimum Gasteiger partial charge on any atom is -0.455 e. The molecule has 0 amide bonds. The molecule has 0 saturated carbocycles. The summed E-state index contributed by atoms with van der Waals surface area (Å²) in [7, 11) is 0. The van der Waals surface area contributed by atoms with E-state index in [1.54, 1.807) is 11.3 Å². The Hall–Kier alpha value is -8.52. The fourth-order valence-corrected chi connectivity index (χ4v) is 10.2. The number of fused-ring (bicyclic) bond motifs is 7. The average Bonchev–Trinajstić information content (AvgIpc) is 4.09. The molecule has 304 valence electrons. The van der Waals surface area contributed by atoms with Gasteiger partial charge in [-0.15, -0.1) is 11.3 Å². The maximum Gasteiger partial charge on any atom is 0.164 e. The third-order valence-corrected chi connectivity index (χ3v) is 13.4. The summed E-state index contributed by atoms with van der Waals surface area (Å²) < 4.78 is 10.3. The Balaban J connectivity index is 0.886. The maximum absolute atomic E-state index is 6.83. The van der Waals surface area contributed by atoms with E-state index in [0.717, 1.165) is 98.4 Å². The van der Waals surface area contributed by atoms with Gasteiger partial charge in [-0.1, -0.05) is 164 Å². The van der Waals surface area contributed by atoms with Gasteiger partial charge in [0.1, 0.15) is 16.2 Å². The van der Waals surface area contributed by atoms with Crippen LogP contribution in [0.2, 0.25) is 0 Å². The molecule has 0 saturated heterocycles. The monoisotopic (exact) mass is 849 g/mol. The van der Waals surface area contributed by atoms with Crippen LogP contribution in [0.4, 0.5) is 0 Å². The standard InChI is InChI=1S/C58H35N5OS/c1-4-15-36(16-5-1)43-24-13-26-46-47-27-14-25-44(54(47)64-53(43)46)39-30-32-51-48(34-39)45-23-10-11-28-50(45)63(51)42-22-12-21-41(33-42)58-59-49-31-29-40(35-52(49)65-58)57-61-55(37-17-6-2-7-18-37)60-56(62-57)38-19-8-3-9-20-38/h1-35H. The van der Waals surface area contributed by atoms with Gasteiger partial charge in [-0.2, -0.15) is 0 Å². The van der Waals surface area contributed by atoms with Crippen LogP contribution in [0.3, 0.4) is 0 Å². The lowest BCUT2D eigenvalue weighted by atomic mass is 9.99. The molecule has 0 bridgehead atoms. The summed E-state index contributed by atoms with van der Waals surface area (Å²) in [6.45, 7) is 0. The summed E-state index contributed by atoms with van der Waals surface area (Å²) in [6.07, 6.45) is 0. The Labute approximate surface area is 377 Å². The van der Waals surface area contributed by atoms with E-state index in [4.69, 9.17) is 24.4 Å². The van der Waals surface area contributed by atoms with Crippen molar-refractivity contribution < 1.29 is 4.42 Å². The number of benzene rings is 9. The van der Waals surface area contributed by atoms with Gasteiger partial charge in [0.2, 0.25) is 0 Å². The molecule has 0 aliphatic heterocycles. The Morgan fingerprint density at radius 3 is 1.58 bits per heavy atom. The SMILES string of the molecule is c1ccc(-c2nc(-c3ccccc3)nc(-c3ccc4nc(-c5cccc(-n6c7ccccc7c7cc(-c8cccc9c8oc8c(-c%10ccccc%10)cccc89)ccc76)c5)sc4c3)n2)cc1. The van der Waals surface area contributed by atoms with Crippen molar-refractivity contribution >= 4 is 65.3 Å². The molecule has 0 fully saturated rings. The summed E-state index contributed by atoms with van der Waals surface area (Å²) in [6, 6.07) is 74.0. The van der Waals surface area contributed by atoms with E-state index in [-0.39, 0.29) is 0 Å². The fourth-order valence-electron chi connectivity index (χ4n) is 9.21. The quantitative estimate of drug-likeness (QED) is 0.160. The number of thiazole rings is 1. The second-order valence-corrected chi connectivity index (χ2v) is 17.2. The smallest absolute Gasteiger partial charge is 0.164 e. The van der Waals surface area contributed by atoms with Crippen molar-refractivity contribution in [3.8, 4) is 72.7 Å². The molecular formula is C58H35N5OS. The molecule has 0 N–H and O–H groups in total. The number of nitrogens with zero attached hydrogens (tertiary/aromatic N) is 5. The minimum absolute atomic E-state index is 0.623. The molecule has 4 aromatic heterocycles. The first-order valence-electron chi connectivity index (χ1n) is 21.6. The lowest BCUT2D eigenvalue weighted by Crippen LogP contribution is -1.99. The van der Waals surface area contributed by atoms with Crippen molar-refractivity contribution in [1.82, 2.24) is 24.5 Å². The zero-order valence-corrected chi connectivity index (χ0v) is 35.6. The van der Waals surface area contributed by atoms with Gasteiger partial charge in [0.15, 0.2) is 17.5 Å². The summed E-state index contributed by atoms with van der Waals surface area (Å²) in [5.41, 5.74) is 14.3. The lowest BCUT2D eigenvalue weighted by molar-refractivity contribution is 0.671. The molecule has 6 nitrogen and oxygen atoms in total. The predicted molar refractivity (Wildman–Crippen MR) is 267 cm³/mol. The number of rotatable bonds is 7. The van der Waals surface area contributed by atoms with E-state index >= 15 is 0 Å². The van der Waals surface area contributed by atoms with E-state index < -0.39 is 0 Å². The third kappa shape index (κ3) is 6.32. The molecule has 0 radical (unpaired) electrons. The highest BCUT2D eigenvalue weighted by Crippen LogP contribution is 2.42. The van der Waals surface area contributed by atoms with Crippen LogP contribution in [-0.4, -0.2) is 24.5 Å². The van der Waals surface area contributed by atoms with Gasteiger partial charge in [0, 0.05) is 60.6 Å². The van der Waals surface area contributed by atoms with Gasteiger partial charge in [-0.25, -0.2) is 19.9 Å². The van der Waals surface area contributed by atoms with Crippen molar-refractivity contribution in [2.45, 2.75) is 0 Å². The molecule has 7 heteroatoms. The number of hydrogen-bond acceptors (Lipinski definition) is 6. The number of para-hydroxylation sites is 3. The van der Waals surface area contributed by atoms with Gasteiger partial charge in [-0.05, 0) is 59.7 Å². The Morgan fingerprint density at radius 1 is 0.354 bits per heavy atom. The number of furan rings is 1. The first kappa shape index (κ1) is 37.1. The number of aromatic nitrogens is 5. The highest BCUT2D eigenvalue weighted by Gasteiger charge is 2.19. The minimum atomic E-state index is 0.623. The van der Waals surface area contributed by atoms with Crippen LogP contribution in [0.5, 0.6) is 0 Å². The van der Waals surface area contributed by atoms with Crippen LogP contribution >= 0.6 is 11.3 Å². The van der Waals surface area contributed by atoms with Gasteiger partial charge in [-0.3, -0.25) is 0 Å². The Morgan fingerprint density at radius 2 is 0.892 bits per heavy atom. The Bertz CT molecular complexity index is 3890. The van der Waals surface area contributed by atoms with E-state index in [9.17, 15) is 0 Å². The van der Waals surface area contributed by atoms with E-state index in [2.05, 4.69) is 150 Å². The molecular weight excluding hydrogens is 815 g/mol. The summed E-state index contributed by atoms with van der Waals surface area (Å²) in [5, 5.41) is 5.54. The van der Waals surface area contributed by atoms with Crippen molar-refractivity contribution in [2.75, 3.05) is 0 Å². The molecule has 0 aliphatic rings. The second-order valence-electron chi connectivity index (χ2n) is 16.2. The fraction of sp³-hybridized carbons (Fsp3) is 0. The second kappa shape index (κ2) is 15.1. The summed E-state index contributed by atoms with van der Waals surface area (Å²) >= 11 is 1.67. The maximum atomic E-state index is 6.83. The van der Waals surface area contributed by atoms with Crippen LogP contribution in [0.25, 0.3) is 127 Å². The molecule has 13 aromatic rings. The van der Waals surface area contributed by atoms with Gasteiger partial charge < -0.3 is 8.98 Å². The molecule has 13 rings (SSSR count). The van der Waals surface area contributed by atoms with Crippen LogP contribution in [0, 0.1) is 0 Å². The molecule has 0 unspecified atom stereocenters. The summed E-state index contributed by atoms with van der Waals surface area (Å²) in [5.74, 6) is 1.90. The van der Waals surface area contributed by atoms with Crippen LogP contribution in [0.15, 0.2) is 217 Å². The number of hydrogen-bond donors (Lipinski definition) is 0. The van der Waals surface area contributed by atoms with Gasteiger partial charge in [0.05, 0.1) is 21.3 Å². The van der Waals surface area contributed by atoms with Crippen molar-refractivity contribution in [3.05, 3.63) is 212 Å². The van der Waals surface area contributed by atoms with Crippen LogP contribution in [0.1, 0.15) is 0 Å². The Kier molecular flexibility index (Phi) is 8.60. The molecule has 4 heterocycles. The molecule has 9 aromatic carbocycles. The topological polar surface area (TPSA) is 69.6 Å². The van der Waals surface area contributed by atoms with Gasteiger partial charge >= 0.3 is 0 Å². The molecule has 65 heavy (non-hydrogen) atoms. The third-order valence-electron chi connectivity index (χ3n) is 12.3. The highest BCUT2D eigenvalue weighted by molar-refractivity contribution is 7.21. The van der Waals surface area contributed by atoms with Crippen LogP contribution < -0.4 is 0 Å². The largest absolute Gasteiger partial charge is 0.455 e. The highest BCUT2D eigenvalue weighted by atomic mass is 32.1. The van der Waals surface area contributed by atoms with E-state index in [0.29, 0.717) is 17.5 Å². The van der Waals surface area contributed by atoms with E-state index in [1.165, 1.54) is 10.8 Å². The first-order valence-corrected chi connectivity index (χ1v) is 22.4.